The molecular formula is C6H19AlClO2Si2. The summed E-state index contributed by atoms with van der Waals surface area (Å²) in [5, 5.41) is 0. The van der Waals surface area contributed by atoms with Gasteiger partial charge in [0.05, 0.1) is 0 Å². The third-order valence-corrected chi connectivity index (χ3v) is 7.23. The highest BCUT2D eigenvalue weighted by molar-refractivity contribution is 6.77. The Hall–Kier alpha value is 1.18. The lowest BCUT2D eigenvalue weighted by molar-refractivity contribution is 0.457. The molecule has 0 aromatic carbocycles. The summed E-state index contributed by atoms with van der Waals surface area (Å²) in [5.74, 6) is 0. The van der Waals surface area contributed by atoms with Crippen molar-refractivity contribution in [2.75, 3.05) is 0 Å². The van der Waals surface area contributed by atoms with Crippen LogP contribution in [0.5, 0.6) is 0 Å². The summed E-state index contributed by atoms with van der Waals surface area (Å²) >= 11 is -0.208. The Balaban J connectivity index is 0. The van der Waals surface area contributed by atoms with Crippen molar-refractivity contribution in [2.24, 2.45) is 0 Å². The van der Waals surface area contributed by atoms with Gasteiger partial charge in [-0.15, -0.1) is 12.4 Å². The molecule has 0 unspecified atom stereocenters. The van der Waals surface area contributed by atoms with E-state index >= 15 is 0 Å². The first-order valence-corrected chi connectivity index (χ1v) is 11.6. The average molecular weight is 242 g/mol. The van der Waals surface area contributed by atoms with Crippen LogP contribution in [-0.2, 0) is 6.96 Å². The number of hydrogen-bond donors (Lipinski definition) is 0. The Labute approximate surface area is 91.1 Å². The molecule has 0 amide bonds. The van der Waals surface area contributed by atoms with E-state index in [9.17, 15) is 0 Å². The molecule has 12 heavy (non-hydrogen) atoms. The standard InChI is InChI=1S/2C3H9OSi.Al.ClH/c2*1-5(2,3)4;;/h2*1-3H3;;1H/q2*-1;+2;. The summed E-state index contributed by atoms with van der Waals surface area (Å²) in [6, 6.07) is 0. The van der Waals surface area contributed by atoms with Gasteiger partial charge in [-0.25, -0.2) is 0 Å². The summed E-state index contributed by atoms with van der Waals surface area (Å²) in [7, 11) is -2.65. The molecule has 2 nitrogen and oxygen atoms in total. The monoisotopic (exact) mass is 241 g/mol. The fraction of sp³-hybridized carbons (Fsp3) is 1.00. The molecule has 0 aliphatic heterocycles. The topological polar surface area (TPSA) is 18.5 Å². The minimum Gasteiger partial charge on any atom is -0.529 e. The van der Waals surface area contributed by atoms with Gasteiger partial charge in [0.1, 0.15) is 0 Å². The summed E-state index contributed by atoms with van der Waals surface area (Å²) in [6.45, 7) is 13.1. The average Bonchev–Trinajstić information content (AvgIpc) is 1.55. The molecule has 0 aromatic heterocycles. The molecule has 0 fully saturated rings. The molecule has 0 heterocycles. The van der Waals surface area contributed by atoms with Crippen LogP contribution < -0.4 is 0 Å². The van der Waals surface area contributed by atoms with Gasteiger partial charge < -0.3 is 6.96 Å². The molecule has 0 aliphatic carbocycles. The van der Waals surface area contributed by atoms with E-state index in [0.717, 1.165) is 0 Å². The van der Waals surface area contributed by atoms with Gasteiger partial charge in [-0.05, 0) is 39.3 Å². The summed E-state index contributed by atoms with van der Waals surface area (Å²) in [4.78, 5) is 0. The van der Waals surface area contributed by atoms with Crippen LogP contribution in [0.2, 0.25) is 39.3 Å². The molecule has 0 saturated heterocycles. The van der Waals surface area contributed by atoms with Crippen molar-refractivity contribution >= 4 is 44.9 Å². The van der Waals surface area contributed by atoms with Crippen molar-refractivity contribution in [3.05, 3.63) is 0 Å². The van der Waals surface area contributed by atoms with Gasteiger partial charge in [0.15, 0.2) is 16.6 Å². The first kappa shape index (κ1) is 15.6. The quantitative estimate of drug-likeness (QED) is 0.705. The van der Waals surface area contributed by atoms with Crippen LogP contribution in [0, 0.1) is 0 Å². The molecule has 0 atom stereocenters. The Morgan fingerprint density at radius 3 is 1.17 bits per heavy atom. The van der Waals surface area contributed by atoms with Crippen LogP contribution >= 0.6 is 12.4 Å². The second-order valence-corrected chi connectivity index (χ2v) is 15.1. The SMILES string of the molecule is C[Si](C)(C)[O][Al][O][Si](C)(C)C.Cl. The van der Waals surface area contributed by atoms with E-state index in [1.165, 1.54) is 0 Å². The summed E-state index contributed by atoms with van der Waals surface area (Å²) in [6.07, 6.45) is 0. The van der Waals surface area contributed by atoms with Gasteiger partial charge in [0.25, 0.3) is 0 Å². The number of hydrogen-bond acceptors (Lipinski definition) is 2. The predicted octanol–water partition coefficient (Wildman–Crippen LogP) is 2.65. The second kappa shape index (κ2) is 5.81. The van der Waals surface area contributed by atoms with E-state index in [0.29, 0.717) is 0 Å². The summed E-state index contributed by atoms with van der Waals surface area (Å²) < 4.78 is 11.3. The maximum atomic E-state index is 5.64. The minimum absolute atomic E-state index is 0. The second-order valence-electron chi connectivity index (χ2n) is 4.56. The van der Waals surface area contributed by atoms with Crippen molar-refractivity contribution in [3.8, 4) is 0 Å². The van der Waals surface area contributed by atoms with Crippen LogP contribution in [0.15, 0.2) is 0 Å². The lowest BCUT2D eigenvalue weighted by Crippen LogP contribution is -2.34. The molecule has 0 N–H and O–H groups in total. The molecule has 0 bridgehead atoms. The van der Waals surface area contributed by atoms with E-state index in [1.54, 1.807) is 0 Å². The molecular weight excluding hydrogens is 223 g/mol. The molecule has 0 spiro atoms. The lowest BCUT2D eigenvalue weighted by Gasteiger charge is -2.22. The first-order chi connectivity index (χ1) is 4.71. The fourth-order valence-electron chi connectivity index (χ4n) is 0.313. The van der Waals surface area contributed by atoms with Gasteiger partial charge in [-0.1, -0.05) is 0 Å². The third kappa shape index (κ3) is 13.7. The predicted molar refractivity (Wildman–Crippen MR) is 61.9 cm³/mol. The Kier molecular flexibility index (Phi) is 7.58. The van der Waals surface area contributed by atoms with E-state index in [4.69, 9.17) is 6.96 Å². The van der Waals surface area contributed by atoms with E-state index in [1.807, 2.05) is 0 Å². The van der Waals surface area contributed by atoms with Crippen molar-refractivity contribution in [1.29, 1.82) is 0 Å². The maximum Gasteiger partial charge on any atom is 0.644 e. The van der Waals surface area contributed by atoms with Crippen LogP contribution in [0.3, 0.4) is 0 Å². The zero-order chi connectivity index (χ0) is 9.12. The van der Waals surface area contributed by atoms with Crippen LogP contribution in [0.1, 0.15) is 0 Å². The van der Waals surface area contributed by atoms with E-state index in [-0.39, 0.29) is 28.3 Å². The van der Waals surface area contributed by atoms with Gasteiger partial charge in [0.2, 0.25) is 0 Å². The molecule has 0 aliphatic rings. The highest BCUT2D eigenvalue weighted by Crippen LogP contribution is 2.05. The maximum absolute atomic E-state index is 5.64. The lowest BCUT2D eigenvalue weighted by atomic mass is 11.8. The van der Waals surface area contributed by atoms with Gasteiger partial charge >= 0.3 is 15.9 Å². The smallest absolute Gasteiger partial charge is 0.529 e. The number of rotatable bonds is 4. The normalized spacial score (nSPS) is 12.2. The van der Waals surface area contributed by atoms with Crippen molar-refractivity contribution in [3.63, 3.8) is 0 Å². The van der Waals surface area contributed by atoms with Gasteiger partial charge in [-0.2, -0.15) is 0 Å². The Morgan fingerprint density at radius 1 is 0.750 bits per heavy atom. The first-order valence-electron chi connectivity index (χ1n) is 3.88. The zero-order valence-electron chi connectivity index (χ0n) is 8.80. The third-order valence-electron chi connectivity index (χ3n) is 0.803. The van der Waals surface area contributed by atoms with E-state index < -0.39 is 16.6 Å². The molecule has 0 rings (SSSR count). The van der Waals surface area contributed by atoms with Crippen LogP contribution in [0.25, 0.3) is 0 Å². The number of halogens is 1. The molecule has 73 valence electrons. The van der Waals surface area contributed by atoms with Crippen LogP contribution in [0.4, 0.5) is 0 Å². The van der Waals surface area contributed by atoms with Crippen molar-refractivity contribution in [1.82, 2.24) is 0 Å². The van der Waals surface area contributed by atoms with E-state index in [2.05, 4.69) is 39.3 Å². The molecule has 0 saturated carbocycles. The molecule has 0 aromatic rings. The summed E-state index contributed by atoms with van der Waals surface area (Å²) in [5.41, 5.74) is 0. The zero-order valence-corrected chi connectivity index (χ0v) is 12.8. The Bertz CT molecular complexity index is 108. The largest absolute Gasteiger partial charge is 0.644 e. The molecule has 6 heteroatoms. The van der Waals surface area contributed by atoms with Crippen molar-refractivity contribution < 1.29 is 6.96 Å². The highest BCUT2D eigenvalue weighted by atomic mass is 35.5. The van der Waals surface area contributed by atoms with Gasteiger partial charge in [0, 0.05) is 0 Å². The van der Waals surface area contributed by atoms with Crippen molar-refractivity contribution in [2.45, 2.75) is 39.3 Å². The minimum atomic E-state index is -1.32. The van der Waals surface area contributed by atoms with Crippen LogP contribution in [-0.4, -0.2) is 32.5 Å². The molecule has 1 radical (unpaired) electrons. The Morgan fingerprint density at radius 2 is 1.00 bits per heavy atom. The fourth-order valence-corrected chi connectivity index (χ4v) is 3.25. The highest BCUT2D eigenvalue weighted by Gasteiger charge is 2.20. The van der Waals surface area contributed by atoms with Gasteiger partial charge in [-0.3, -0.25) is 0 Å².